The average Bonchev–Trinajstić information content (AvgIpc) is 3.00. The molecule has 1 aliphatic heterocycles. The number of nitrogens with zero attached hydrogens (tertiary/aromatic N) is 1. The largest absolute Gasteiger partial charge is 0.317 e. The number of nitrogens with one attached hydrogen (secondary N) is 2. The number of thiazole rings is 1. The van der Waals surface area contributed by atoms with Gasteiger partial charge in [-0.05, 0) is 37.6 Å². The maximum Gasteiger partial charge on any atom is 0.229 e. The molecule has 1 aromatic carbocycles. The van der Waals surface area contributed by atoms with Crippen LogP contribution in [-0.4, -0.2) is 24.0 Å². The zero-order valence-corrected chi connectivity index (χ0v) is 16.0. The molecule has 1 fully saturated rings. The van der Waals surface area contributed by atoms with Gasteiger partial charge in [-0.15, -0.1) is 23.7 Å². The van der Waals surface area contributed by atoms with Crippen molar-refractivity contribution in [2.45, 2.75) is 19.3 Å². The first kappa shape index (κ1) is 19.5. The molecular formula is C16H18Cl3N3OS. The first-order valence-electron chi connectivity index (χ1n) is 7.52. The Morgan fingerprint density at radius 3 is 2.83 bits per heavy atom. The van der Waals surface area contributed by atoms with E-state index in [1.807, 2.05) is 12.1 Å². The van der Waals surface area contributed by atoms with Crippen LogP contribution in [0.15, 0.2) is 24.4 Å². The number of piperidine rings is 1. The Hall–Kier alpha value is -0.850. The minimum Gasteiger partial charge on any atom is -0.317 e. The second-order valence-electron chi connectivity index (χ2n) is 5.53. The summed E-state index contributed by atoms with van der Waals surface area (Å²) in [6.45, 7) is 1.79. The molecule has 1 aromatic heterocycles. The first-order valence-corrected chi connectivity index (χ1v) is 9.10. The van der Waals surface area contributed by atoms with E-state index in [9.17, 15) is 4.79 Å². The van der Waals surface area contributed by atoms with Crippen LogP contribution in [0.4, 0.5) is 5.13 Å². The lowest BCUT2D eigenvalue weighted by Gasteiger charge is -2.20. The maximum absolute atomic E-state index is 12.2. The molecule has 24 heavy (non-hydrogen) atoms. The highest BCUT2D eigenvalue weighted by Gasteiger charge is 2.21. The van der Waals surface area contributed by atoms with E-state index in [0.717, 1.165) is 36.4 Å². The fraction of sp³-hybridized carbons (Fsp3) is 0.375. The predicted molar refractivity (Wildman–Crippen MR) is 103 cm³/mol. The molecule has 1 amide bonds. The van der Waals surface area contributed by atoms with E-state index < -0.39 is 0 Å². The quantitative estimate of drug-likeness (QED) is 0.791. The van der Waals surface area contributed by atoms with Crippen LogP contribution in [0.1, 0.15) is 23.3 Å². The standard InChI is InChI=1S/C16H17Cl2N3OS.ClH/c17-13-3-1-2-11(14(13)18)8-12-9-20-16(23-12)21-15(22)10-4-6-19-7-5-10;/h1-3,9-10,19H,4-8H2,(H,20,21,22);1H. The van der Waals surface area contributed by atoms with Crippen molar-refractivity contribution in [2.75, 3.05) is 18.4 Å². The van der Waals surface area contributed by atoms with Gasteiger partial charge in [0.2, 0.25) is 5.91 Å². The summed E-state index contributed by atoms with van der Waals surface area (Å²) in [5, 5.41) is 7.95. The summed E-state index contributed by atoms with van der Waals surface area (Å²) in [6.07, 6.45) is 4.19. The van der Waals surface area contributed by atoms with Crippen LogP contribution in [-0.2, 0) is 11.2 Å². The van der Waals surface area contributed by atoms with E-state index in [2.05, 4.69) is 15.6 Å². The molecule has 0 radical (unpaired) electrons. The molecule has 3 rings (SSSR count). The summed E-state index contributed by atoms with van der Waals surface area (Å²) in [7, 11) is 0. The Labute approximate surface area is 161 Å². The molecule has 130 valence electrons. The van der Waals surface area contributed by atoms with Crippen LogP contribution < -0.4 is 10.6 Å². The molecule has 0 atom stereocenters. The molecular weight excluding hydrogens is 389 g/mol. The Balaban J connectivity index is 0.00000208. The Kier molecular flexibility index (Phi) is 7.32. The third-order valence-corrected chi connectivity index (χ3v) is 5.66. The van der Waals surface area contributed by atoms with E-state index >= 15 is 0 Å². The fourth-order valence-electron chi connectivity index (χ4n) is 2.61. The van der Waals surface area contributed by atoms with Gasteiger partial charge in [-0.2, -0.15) is 0 Å². The number of amides is 1. The molecule has 0 spiro atoms. The van der Waals surface area contributed by atoms with E-state index in [-0.39, 0.29) is 24.2 Å². The van der Waals surface area contributed by atoms with Gasteiger partial charge in [0.05, 0.1) is 10.0 Å². The van der Waals surface area contributed by atoms with E-state index in [4.69, 9.17) is 23.2 Å². The zero-order valence-electron chi connectivity index (χ0n) is 12.9. The van der Waals surface area contributed by atoms with Crippen LogP contribution in [0, 0.1) is 5.92 Å². The first-order chi connectivity index (χ1) is 11.1. The van der Waals surface area contributed by atoms with Gasteiger partial charge < -0.3 is 10.6 Å². The molecule has 1 aliphatic rings. The number of carbonyl (C=O) groups excluding carboxylic acids is 1. The molecule has 2 heterocycles. The Morgan fingerprint density at radius 2 is 2.08 bits per heavy atom. The summed E-state index contributed by atoms with van der Waals surface area (Å²) >= 11 is 13.7. The highest BCUT2D eigenvalue weighted by atomic mass is 35.5. The number of rotatable bonds is 4. The third-order valence-electron chi connectivity index (χ3n) is 3.89. The maximum atomic E-state index is 12.2. The molecule has 0 saturated carbocycles. The van der Waals surface area contributed by atoms with Crippen molar-refractivity contribution in [3.05, 3.63) is 44.9 Å². The Morgan fingerprint density at radius 1 is 1.33 bits per heavy atom. The predicted octanol–water partition coefficient (Wildman–Crippen LogP) is 4.40. The van der Waals surface area contributed by atoms with Crippen molar-refractivity contribution in [3.8, 4) is 0 Å². The van der Waals surface area contributed by atoms with Crippen molar-refractivity contribution in [2.24, 2.45) is 5.92 Å². The van der Waals surface area contributed by atoms with E-state index in [0.29, 0.717) is 21.6 Å². The van der Waals surface area contributed by atoms with Crippen molar-refractivity contribution >= 4 is 58.0 Å². The summed E-state index contributed by atoms with van der Waals surface area (Å²) in [4.78, 5) is 17.6. The summed E-state index contributed by atoms with van der Waals surface area (Å²) in [5.74, 6) is 0.138. The third kappa shape index (κ3) is 4.83. The van der Waals surface area contributed by atoms with Gasteiger partial charge in [0.15, 0.2) is 5.13 Å². The van der Waals surface area contributed by atoms with E-state index in [1.54, 1.807) is 12.3 Å². The highest BCUT2D eigenvalue weighted by molar-refractivity contribution is 7.15. The summed E-state index contributed by atoms with van der Waals surface area (Å²) < 4.78 is 0. The lowest BCUT2D eigenvalue weighted by atomic mass is 9.97. The highest BCUT2D eigenvalue weighted by Crippen LogP contribution is 2.29. The van der Waals surface area contributed by atoms with Crippen molar-refractivity contribution in [3.63, 3.8) is 0 Å². The molecule has 2 aromatic rings. The van der Waals surface area contributed by atoms with Crippen LogP contribution in [0.25, 0.3) is 0 Å². The number of anilines is 1. The average molecular weight is 407 g/mol. The Bertz CT molecular complexity index is 702. The van der Waals surface area contributed by atoms with Gasteiger partial charge in [0.1, 0.15) is 0 Å². The van der Waals surface area contributed by atoms with Gasteiger partial charge in [0, 0.05) is 23.4 Å². The van der Waals surface area contributed by atoms with Crippen molar-refractivity contribution in [1.29, 1.82) is 0 Å². The van der Waals surface area contributed by atoms with Crippen LogP contribution in [0.5, 0.6) is 0 Å². The normalized spacial score (nSPS) is 14.9. The summed E-state index contributed by atoms with van der Waals surface area (Å²) in [5.41, 5.74) is 0.957. The second kappa shape index (κ2) is 9.02. The monoisotopic (exact) mass is 405 g/mol. The molecule has 0 aliphatic carbocycles. The van der Waals surface area contributed by atoms with Gasteiger partial charge >= 0.3 is 0 Å². The minimum atomic E-state index is 0. The number of hydrogen-bond acceptors (Lipinski definition) is 4. The molecule has 1 saturated heterocycles. The lowest BCUT2D eigenvalue weighted by molar-refractivity contribution is -0.120. The van der Waals surface area contributed by atoms with Gasteiger partial charge in [-0.25, -0.2) is 4.98 Å². The van der Waals surface area contributed by atoms with Gasteiger partial charge in [-0.3, -0.25) is 4.79 Å². The summed E-state index contributed by atoms with van der Waals surface area (Å²) in [6, 6.07) is 5.59. The number of carbonyl (C=O) groups is 1. The van der Waals surface area contributed by atoms with Crippen LogP contribution >= 0.6 is 46.9 Å². The molecule has 4 nitrogen and oxygen atoms in total. The molecule has 0 bridgehead atoms. The smallest absolute Gasteiger partial charge is 0.229 e. The number of aromatic nitrogens is 1. The topological polar surface area (TPSA) is 54.0 Å². The molecule has 8 heteroatoms. The van der Waals surface area contributed by atoms with Gasteiger partial charge in [-0.1, -0.05) is 35.3 Å². The van der Waals surface area contributed by atoms with Crippen LogP contribution in [0.3, 0.4) is 0 Å². The second-order valence-corrected chi connectivity index (χ2v) is 7.44. The van der Waals surface area contributed by atoms with Crippen molar-refractivity contribution in [1.82, 2.24) is 10.3 Å². The fourth-order valence-corrected chi connectivity index (χ4v) is 3.84. The number of benzene rings is 1. The number of hydrogen-bond donors (Lipinski definition) is 2. The molecule has 0 unspecified atom stereocenters. The zero-order chi connectivity index (χ0) is 16.2. The SMILES string of the molecule is Cl.O=C(Nc1ncc(Cc2cccc(Cl)c2Cl)s1)C1CCNCC1. The minimum absolute atomic E-state index is 0. The lowest BCUT2D eigenvalue weighted by Crippen LogP contribution is -2.34. The van der Waals surface area contributed by atoms with Gasteiger partial charge in [0.25, 0.3) is 0 Å². The van der Waals surface area contributed by atoms with Crippen LogP contribution in [0.2, 0.25) is 10.0 Å². The molecule has 2 N–H and O–H groups in total. The van der Waals surface area contributed by atoms with Crippen molar-refractivity contribution < 1.29 is 4.79 Å². The number of halogens is 3. The van der Waals surface area contributed by atoms with E-state index in [1.165, 1.54) is 11.3 Å².